The summed E-state index contributed by atoms with van der Waals surface area (Å²) in [5, 5.41) is 2.99. The van der Waals surface area contributed by atoms with Gasteiger partial charge in [0.05, 0.1) is 20.5 Å². The molecule has 0 saturated carbocycles. The zero-order valence-electron chi connectivity index (χ0n) is 14.6. The number of nitrogens with two attached hydrogens (primary N) is 1. The molecule has 1 unspecified atom stereocenters. The number of methoxy groups -OCH3 is 2. The second-order valence-electron chi connectivity index (χ2n) is 5.70. The Morgan fingerprint density at radius 1 is 1.36 bits per heavy atom. The Morgan fingerprint density at radius 2 is 2.04 bits per heavy atom. The van der Waals surface area contributed by atoms with Crippen LogP contribution in [0.4, 0.5) is 5.69 Å². The van der Waals surface area contributed by atoms with Crippen LogP contribution in [-0.4, -0.2) is 58.8 Å². The number of benzene rings is 1. The Balaban J connectivity index is 0.00000312. The number of rotatable bonds is 6. The van der Waals surface area contributed by atoms with Gasteiger partial charge in [0, 0.05) is 31.4 Å². The van der Waals surface area contributed by atoms with Gasteiger partial charge in [0.25, 0.3) is 0 Å². The summed E-state index contributed by atoms with van der Waals surface area (Å²) in [4.78, 5) is 4.31. The van der Waals surface area contributed by atoms with Crippen LogP contribution in [0, 0.1) is 5.92 Å². The molecule has 8 nitrogen and oxygen atoms in total. The molecule has 0 spiro atoms. The highest BCUT2D eigenvalue weighted by atomic mass is 127. The molecule has 142 valence electrons. The van der Waals surface area contributed by atoms with Crippen LogP contribution >= 0.6 is 24.0 Å². The summed E-state index contributed by atoms with van der Waals surface area (Å²) in [7, 11) is 0.00913. The lowest BCUT2D eigenvalue weighted by molar-refractivity contribution is 0.355. The summed E-state index contributed by atoms with van der Waals surface area (Å²) >= 11 is 0. The zero-order valence-corrected chi connectivity index (χ0v) is 17.7. The Morgan fingerprint density at radius 3 is 2.60 bits per heavy atom. The lowest BCUT2D eigenvalue weighted by atomic mass is 10.1. The van der Waals surface area contributed by atoms with E-state index in [1.54, 1.807) is 26.4 Å². The summed E-state index contributed by atoms with van der Waals surface area (Å²) in [6.07, 6.45) is 2.02. The van der Waals surface area contributed by atoms with E-state index in [1.165, 1.54) is 10.6 Å². The summed E-state index contributed by atoms with van der Waals surface area (Å²) in [5.74, 6) is 1.69. The number of aliphatic imine (C=N–C) groups is 1. The molecule has 0 bridgehead atoms. The molecule has 0 aliphatic carbocycles. The van der Waals surface area contributed by atoms with Gasteiger partial charge in [0.1, 0.15) is 0 Å². The van der Waals surface area contributed by atoms with E-state index in [2.05, 4.69) is 10.3 Å². The van der Waals surface area contributed by atoms with Crippen LogP contribution in [0.1, 0.15) is 6.42 Å². The standard InChI is InChI=1S/C15H24N4O4S.HI/c1-22-13-5-4-12(8-14(13)23-2)18-15(16)17-9-11-6-7-19(10-11)24(3,20)21;/h4-5,8,11H,6-7,9-10H2,1-3H3,(H3,16,17,18);1H. The second-order valence-corrected chi connectivity index (χ2v) is 7.68. The fourth-order valence-corrected chi connectivity index (χ4v) is 3.49. The van der Waals surface area contributed by atoms with E-state index in [0.717, 1.165) is 12.1 Å². The van der Waals surface area contributed by atoms with Crippen molar-refractivity contribution in [3.63, 3.8) is 0 Å². The maximum absolute atomic E-state index is 11.5. The molecule has 0 radical (unpaired) electrons. The molecule has 1 saturated heterocycles. The van der Waals surface area contributed by atoms with Crippen molar-refractivity contribution < 1.29 is 17.9 Å². The maximum Gasteiger partial charge on any atom is 0.211 e. The molecule has 1 aliphatic rings. The van der Waals surface area contributed by atoms with Gasteiger partial charge < -0.3 is 20.5 Å². The average Bonchev–Trinajstić information content (AvgIpc) is 3.02. The van der Waals surface area contributed by atoms with Crippen molar-refractivity contribution in [1.29, 1.82) is 0 Å². The van der Waals surface area contributed by atoms with Gasteiger partial charge >= 0.3 is 0 Å². The second kappa shape index (κ2) is 9.43. The first kappa shape index (κ1) is 21.8. The average molecular weight is 484 g/mol. The van der Waals surface area contributed by atoms with Gasteiger partial charge in [-0.25, -0.2) is 12.7 Å². The van der Waals surface area contributed by atoms with E-state index in [-0.39, 0.29) is 35.9 Å². The van der Waals surface area contributed by atoms with Gasteiger partial charge in [-0.2, -0.15) is 0 Å². The quantitative estimate of drug-likeness (QED) is 0.359. The number of anilines is 1. The predicted octanol–water partition coefficient (Wildman–Crippen LogP) is 1.33. The highest BCUT2D eigenvalue weighted by Gasteiger charge is 2.28. The largest absolute Gasteiger partial charge is 0.493 e. The van der Waals surface area contributed by atoms with E-state index in [1.807, 2.05) is 6.07 Å². The molecular formula is C15H25IN4O4S. The highest BCUT2D eigenvalue weighted by Crippen LogP contribution is 2.29. The number of guanidine groups is 1. The topological polar surface area (TPSA) is 106 Å². The first-order valence-corrected chi connectivity index (χ1v) is 9.42. The first-order chi connectivity index (χ1) is 11.3. The van der Waals surface area contributed by atoms with Crippen LogP contribution < -0.4 is 20.5 Å². The fraction of sp³-hybridized carbons (Fsp3) is 0.533. The van der Waals surface area contributed by atoms with Gasteiger partial charge in [0.15, 0.2) is 17.5 Å². The third-order valence-corrected chi connectivity index (χ3v) is 5.16. The van der Waals surface area contributed by atoms with E-state index < -0.39 is 10.0 Å². The molecule has 3 N–H and O–H groups in total. The monoisotopic (exact) mass is 484 g/mol. The van der Waals surface area contributed by atoms with E-state index >= 15 is 0 Å². The molecule has 1 aromatic rings. The van der Waals surface area contributed by atoms with E-state index in [0.29, 0.717) is 31.1 Å². The van der Waals surface area contributed by atoms with Crippen molar-refractivity contribution in [3.05, 3.63) is 18.2 Å². The van der Waals surface area contributed by atoms with Crippen molar-refractivity contribution in [2.45, 2.75) is 6.42 Å². The lowest BCUT2D eigenvalue weighted by Crippen LogP contribution is -2.28. The lowest BCUT2D eigenvalue weighted by Gasteiger charge is -2.13. The number of halogens is 1. The number of nitrogens with zero attached hydrogens (tertiary/aromatic N) is 2. The smallest absolute Gasteiger partial charge is 0.211 e. The Hall–Kier alpha value is -1.27. The molecule has 1 fully saturated rings. The number of sulfonamides is 1. The van der Waals surface area contributed by atoms with Crippen LogP contribution in [0.3, 0.4) is 0 Å². The summed E-state index contributed by atoms with van der Waals surface area (Å²) in [5.41, 5.74) is 6.64. The molecule has 1 aromatic carbocycles. The number of hydrogen-bond donors (Lipinski definition) is 2. The van der Waals surface area contributed by atoms with Gasteiger partial charge in [-0.3, -0.25) is 4.99 Å². The molecule has 0 amide bonds. The summed E-state index contributed by atoms with van der Waals surface area (Å²) in [6.45, 7) is 1.52. The Labute approximate surface area is 165 Å². The van der Waals surface area contributed by atoms with Gasteiger partial charge in [-0.05, 0) is 24.5 Å². The first-order valence-electron chi connectivity index (χ1n) is 7.57. The number of nitrogens with one attached hydrogen (secondary N) is 1. The Kier molecular flexibility index (Phi) is 8.22. The van der Waals surface area contributed by atoms with Crippen molar-refractivity contribution >= 4 is 45.6 Å². The third kappa shape index (κ3) is 6.19. The SMILES string of the molecule is COc1ccc(NC(N)=NCC2CCN(S(C)(=O)=O)C2)cc1OC.I. The maximum atomic E-state index is 11.5. The van der Waals surface area contributed by atoms with Crippen molar-refractivity contribution in [3.8, 4) is 11.5 Å². The molecule has 25 heavy (non-hydrogen) atoms. The van der Waals surface area contributed by atoms with Crippen LogP contribution in [-0.2, 0) is 10.0 Å². The van der Waals surface area contributed by atoms with Crippen LogP contribution in [0.5, 0.6) is 11.5 Å². The minimum Gasteiger partial charge on any atom is -0.493 e. The molecule has 2 rings (SSSR count). The number of hydrogen-bond acceptors (Lipinski definition) is 5. The van der Waals surface area contributed by atoms with Gasteiger partial charge in [-0.15, -0.1) is 24.0 Å². The van der Waals surface area contributed by atoms with E-state index in [9.17, 15) is 8.42 Å². The summed E-state index contributed by atoms with van der Waals surface area (Å²) in [6, 6.07) is 5.35. The molecule has 10 heteroatoms. The predicted molar refractivity (Wildman–Crippen MR) is 110 cm³/mol. The van der Waals surface area contributed by atoms with Crippen LogP contribution in [0.2, 0.25) is 0 Å². The van der Waals surface area contributed by atoms with Gasteiger partial charge in [0.2, 0.25) is 10.0 Å². The van der Waals surface area contributed by atoms with Gasteiger partial charge in [-0.1, -0.05) is 0 Å². The normalized spacial score (nSPS) is 18.5. The van der Waals surface area contributed by atoms with Crippen LogP contribution in [0.25, 0.3) is 0 Å². The molecule has 1 heterocycles. The number of ether oxygens (including phenoxy) is 2. The fourth-order valence-electron chi connectivity index (χ4n) is 2.58. The molecule has 1 atom stereocenters. The molecule has 0 aromatic heterocycles. The molecular weight excluding hydrogens is 459 g/mol. The zero-order chi connectivity index (χ0) is 17.7. The van der Waals surface area contributed by atoms with Crippen molar-refractivity contribution in [2.75, 3.05) is 45.4 Å². The third-order valence-electron chi connectivity index (χ3n) is 3.89. The van der Waals surface area contributed by atoms with Crippen LogP contribution in [0.15, 0.2) is 23.2 Å². The minimum absolute atomic E-state index is 0. The highest BCUT2D eigenvalue weighted by molar-refractivity contribution is 14.0. The molecule has 1 aliphatic heterocycles. The summed E-state index contributed by atoms with van der Waals surface area (Å²) < 4.78 is 34.9. The Bertz CT molecular complexity index is 711. The minimum atomic E-state index is -3.12. The van der Waals surface area contributed by atoms with E-state index in [4.69, 9.17) is 15.2 Å². The van der Waals surface area contributed by atoms with Crippen molar-refractivity contribution in [2.24, 2.45) is 16.6 Å². The van der Waals surface area contributed by atoms with Crippen molar-refractivity contribution in [1.82, 2.24) is 4.31 Å².